The molecule has 0 aliphatic heterocycles. The number of benzene rings is 2. The number of carboxylic acids is 1. The lowest BCUT2D eigenvalue weighted by Crippen LogP contribution is -2.40. The lowest BCUT2D eigenvalue weighted by atomic mass is 10.2. The minimum absolute atomic E-state index is 0.111. The highest BCUT2D eigenvalue weighted by atomic mass is 35.5. The molecule has 0 saturated heterocycles. The smallest absolute Gasteiger partial charge is 0.305 e. The van der Waals surface area contributed by atoms with E-state index in [1.54, 1.807) is 43.3 Å². The average molecular weight is 368 g/mol. The molecule has 1 atom stereocenters. The molecule has 0 aliphatic rings. The summed E-state index contributed by atoms with van der Waals surface area (Å²) in [7, 11) is -3.90. The van der Waals surface area contributed by atoms with Crippen molar-refractivity contribution >= 4 is 33.3 Å². The molecule has 0 radical (unpaired) electrons. The van der Waals surface area contributed by atoms with Crippen LogP contribution >= 0.6 is 11.6 Å². The molecule has 0 bridgehead atoms. The zero-order valence-corrected chi connectivity index (χ0v) is 14.9. The van der Waals surface area contributed by atoms with Gasteiger partial charge in [0.2, 0.25) is 0 Å². The van der Waals surface area contributed by atoms with E-state index in [1.165, 1.54) is 12.1 Å². The molecule has 0 spiro atoms. The summed E-state index contributed by atoms with van der Waals surface area (Å²) in [5.41, 5.74) is 1.30. The number of hydrogen-bond donors (Lipinski definition) is 1. The molecule has 7 heteroatoms. The highest BCUT2D eigenvalue weighted by molar-refractivity contribution is 7.92. The summed E-state index contributed by atoms with van der Waals surface area (Å²) in [6.07, 6.45) is -0.312. The van der Waals surface area contributed by atoms with Crippen LogP contribution in [0.2, 0.25) is 5.02 Å². The van der Waals surface area contributed by atoms with Crippen LogP contribution in [0.5, 0.6) is 0 Å². The lowest BCUT2D eigenvalue weighted by molar-refractivity contribution is -0.137. The van der Waals surface area contributed by atoms with Gasteiger partial charge >= 0.3 is 5.97 Å². The van der Waals surface area contributed by atoms with Gasteiger partial charge in [-0.2, -0.15) is 0 Å². The monoisotopic (exact) mass is 367 g/mol. The molecule has 0 saturated carbocycles. The fourth-order valence-electron chi connectivity index (χ4n) is 2.38. The zero-order valence-electron chi connectivity index (χ0n) is 13.3. The molecule has 2 rings (SSSR count). The Bertz CT molecular complexity index is 817. The van der Waals surface area contributed by atoms with Gasteiger partial charge in [-0.05, 0) is 50.2 Å². The van der Waals surface area contributed by atoms with E-state index in [4.69, 9.17) is 16.7 Å². The fraction of sp³-hybridized carbons (Fsp3) is 0.235. The van der Waals surface area contributed by atoms with Crippen LogP contribution in [0.15, 0.2) is 53.4 Å². The van der Waals surface area contributed by atoms with Crippen molar-refractivity contribution in [1.29, 1.82) is 0 Å². The van der Waals surface area contributed by atoms with Gasteiger partial charge in [0.1, 0.15) is 0 Å². The minimum Gasteiger partial charge on any atom is -0.481 e. The number of aliphatic carboxylic acids is 1. The number of carboxylic acid groups (broad SMARTS) is 1. The Labute approximate surface area is 146 Å². The van der Waals surface area contributed by atoms with Crippen molar-refractivity contribution in [1.82, 2.24) is 0 Å². The third-order valence-corrected chi connectivity index (χ3v) is 5.74. The second kappa shape index (κ2) is 7.23. The van der Waals surface area contributed by atoms with Crippen LogP contribution in [0.1, 0.15) is 18.9 Å². The first-order chi connectivity index (χ1) is 11.2. The first kappa shape index (κ1) is 18.3. The van der Waals surface area contributed by atoms with E-state index in [1.807, 2.05) is 6.92 Å². The quantitative estimate of drug-likeness (QED) is 0.844. The maximum absolute atomic E-state index is 13.1. The predicted molar refractivity (Wildman–Crippen MR) is 94.0 cm³/mol. The molecular weight excluding hydrogens is 350 g/mol. The van der Waals surface area contributed by atoms with Gasteiger partial charge in [0, 0.05) is 5.02 Å². The Morgan fingerprint density at radius 1 is 1.12 bits per heavy atom. The van der Waals surface area contributed by atoms with Gasteiger partial charge < -0.3 is 5.11 Å². The van der Waals surface area contributed by atoms with Gasteiger partial charge in [0.25, 0.3) is 10.0 Å². The molecule has 1 unspecified atom stereocenters. The van der Waals surface area contributed by atoms with E-state index < -0.39 is 22.0 Å². The van der Waals surface area contributed by atoms with E-state index in [-0.39, 0.29) is 11.3 Å². The molecule has 0 amide bonds. The van der Waals surface area contributed by atoms with Crippen molar-refractivity contribution in [3.05, 3.63) is 59.1 Å². The highest BCUT2D eigenvalue weighted by Crippen LogP contribution is 2.28. The van der Waals surface area contributed by atoms with Crippen LogP contribution < -0.4 is 4.31 Å². The number of halogens is 1. The molecule has 2 aromatic carbocycles. The predicted octanol–water partition coefficient (Wildman–Crippen LogP) is 3.71. The molecule has 0 heterocycles. The summed E-state index contributed by atoms with van der Waals surface area (Å²) in [5.74, 6) is -1.07. The second-order valence-corrected chi connectivity index (χ2v) is 7.79. The van der Waals surface area contributed by atoms with E-state index >= 15 is 0 Å². The largest absolute Gasteiger partial charge is 0.481 e. The van der Waals surface area contributed by atoms with Crippen molar-refractivity contribution in [2.24, 2.45) is 0 Å². The normalized spacial score (nSPS) is 12.6. The average Bonchev–Trinajstić information content (AvgIpc) is 2.49. The molecular formula is C17H18ClNO4S. The molecule has 128 valence electrons. The first-order valence-electron chi connectivity index (χ1n) is 7.30. The van der Waals surface area contributed by atoms with E-state index in [2.05, 4.69) is 0 Å². The number of carbonyl (C=O) groups is 1. The summed E-state index contributed by atoms with van der Waals surface area (Å²) in [5, 5.41) is 9.52. The molecule has 0 fully saturated rings. The molecule has 0 aromatic heterocycles. The molecule has 24 heavy (non-hydrogen) atoms. The summed E-state index contributed by atoms with van der Waals surface area (Å²) < 4.78 is 27.2. The summed E-state index contributed by atoms with van der Waals surface area (Å²) >= 11 is 5.87. The molecule has 2 aromatic rings. The topological polar surface area (TPSA) is 74.7 Å². The van der Waals surface area contributed by atoms with Crippen LogP contribution in [0.25, 0.3) is 0 Å². The number of nitrogens with zero attached hydrogens (tertiary/aromatic N) is 1. The van der Waals surface area contributed by atoms with E-state index in [9.17, 15) is 13.2 Å². The number of hydrogen-bond acceptors (Lipinski definition) is 3. The van der Waals surface area contributed by atoms with Crippen molar-refractivity contribution in [2.75, 3.05) is 4.31 Å². The van der Waals surface area contributed by atoms with Gasteiger partial charge in [-0.3, -0.25) is 9.10 Å². The number of anilines is 1. The van der Waals surface area contributed by atoms with Gasteiger partial charge in [0.15, 0.2) is 0 Å². The third kappa shape index (κ3) is 4.07. The van der Waals surface area contributed by atoms with Crippen LogP contribution in [0, 0.1) is 6.92 Å². The third-order valence-electron chi connectivity index (χ3n) is 3.53. The van der Waals surface area contributed by atoms with Crippen LogP contribution in [0.4, 0.5) is 5.69 Å². The second-order valence-electron chi connectivity index (χ2n) is 5.54. The minimum atomic E-state index is -3.90. The summed E-state index contributed by atoms with van der Waals surface area (Å²) in [6, 6.07) is 11.9. The summed E-state index contributed by atoms with van der Waals surface area (Å²) in [4.78, 5) is 11.2. The maximum Gasteiger partial charge on any atom is 0.305 e. The Morgan fingerprint density at radius 3 is 2.17 bits per heavy atom. The van der Waals surface area contributed by atoms with Crippen molar-refractivity contribution < 1.29 is 18.3 Å². The molecule has 5 nitrogen and oxygen atoms in total. The van der Waals surface area contributed by atoms with Gasteiger partial charge in [0.05, 0.1) is 23.0 Å². The Hall–Kier alpha value is -2.05. The van der Waals surface area contributed by atoms with Crippen LogP contribution in [-0.4, -0.2) is 25.5 Å². The number of rotatable bonds is 6. The van der Waals surface area contributed by atoms with Crippen LogP contribution in [0.3, 0.4) is 0 Å². The lowest BCUT2D eigenvalue weighted by Gasteiger charge is -2.29. The van der Waals surface area contributed by atoms with Crippen molar-refractivity contribution in [3.8, 4) is 0 Å². The van der Waals surface area contributed by atoms with Gasteiger partial charge in [-0.1, -0.05) is 29.3 Å². The number of sulfonamides is 1. The van der Waals surface area contributed by atoms with E-state index in [0.717, 1.165) is 9.87 Å². The summed E-state index contributed by atoms with van der Waals surface area (Å²) in [6.45, 7) is 3.43. The zero-order chi connectivity index (χ0) is 17.9. The van der Waals surface area contributed by atoms with Crippen molar-refractivity contribution in [2.45, 2.75) is 31.2 Å². The van der Waals surface area contributed by atoms with Gasteiger partial charge in [-0.15, -0.1) is 0 Å². The Kier molecular flexibility index (Phi) is 5.51. The number of aryl methyl sites for hydroxylation is 1. The standard InChI is InChI=1S/C17H18ClNO4S/c1-12-3-9-16(10-4-12)24(22,23)19(13(2)11-17(20)21)15-7-5-14(18)6-8-15/h3-10,13H,11H2,1-2H3,(H,20,21). The van der Waals surface area contributed by atoms with Gasteiger partial charge in [-0.25, -0.2) is 8.42 Å². The van der Waals surface area contributed by atoms with Crippen molar-refractivity contribution in [3.63, 3.8) is 0 Å². The fourth-order valence-corrected chi connectivity index (χ4v) is 4.16. The maximum atomic E-state index is 13.1. The Balaban J connectivity index is 2.53. The molecule has 1 N–H and O–H groups in total. The SMILES string of the molecule is Cc1ccc(S(=O)(=O)N(c2ccc(Cl)cc2)C(C)CC(=O)O)cc1. The molecule has 0 aliphatic carbocycles. The van der Waals surface area contributed by atoms with Crippen LogP contribution in [-0.2, 0) is 14.8 Å². The highest BCUT2D eigenvalue weighted by Gasteiger charge is 2.30. The van der Waals surface area contributed by atoms with E-state index in [0.29, 0.717) is 10.7 Å². The first-order valence-corrected chi connectivity index (χ1v) is 9.12. The Morgan fingerprint density at radius 2 is 1.67 bits per heavy atom.